The average molecular weight is 380 g/mol. The minimum absolute atomic E-state index is 0.213. The number of likely N-dealkylation sites (tertiary alicyclic amines) is 1. The molecule has 0 atom stereocenters. The number of ether oxygens (including phenoxy) is 1. The van der Waals surface area contributed by atoms with Crippen molar-refractivity contribution in [3.8, 4) is 0 Å². The van der Waals surface area contributed by atoms with Gasteiger partial charge in [0, 0.05) is 41.4 Å². The van der Waals surface area contributed by atoms with Crippen LogP contribution in [0.5, 0.6) is 0 Å². The second-order valence-electron chi connectivity index (χ2n) is 6.99. The monoisotopic (exact) mass is 379 g/mol. The molecule has 124 valence electrons. The van der Waals surface area contributed by atoms with Gasteiger partial charge in [-0.05, 0) is 61.7 Å². The predicted molar refractivity (Wildman–Crippen MR) is 93.5 cm³/mol. The fraction of sp³-hybridized carbons (Fsp3) is 0.529. The number of pyridine rings is 1. The van der Waals surface area contributed by atoms with E-state index in [1.165, 1.54) is 0 Å². The highest BCUT2D eigenvalue weighted by atomic mass is 79.9. The highest BCUT2D eigenvalue weighted by Gasteiger charge is 2.28. The van der Waals surface area contributed by atoms with Gasteiger partial charge in [0.2, 0.25) is 0 Å². The summed E-state index contributed by atoms with van der Waals surface area (Å²) in [5.41, 5.74) is 0.561. The molecule has 0 N–H and O–H groups in total. The number of aromatic nitrogens is 2. The Morgan fingerprint density at radius 3 is 2.70 bits per heavy atom. The van der Waals surface area contributed by atoms with Crippen LogP contribution in [-0.2, 0) is 4.74 Å². The Labute approximate surface area is 144 Å². The highest BCUT2D eigenvalue weighted by Crippen LogP contribution is 2.28. The molecule has 0 bridgehead atoms. The van der Waals surface area contributed by atoms with Crippen LogP contribution in [0.1, 0.15) is 39.7 Å². The molecule has 0 unspecified atom stereocenters. The van der Waals surface area contributed by atoms with Crippen molar-refractivity contribution in [2.45, 2.75) is 45.3 Å². The molecule has 2 aromatic rings. The van der Waals surface area contributed by atoms with Crippen LogP contribution in [0.15, 0.2) is 29.0 Å². The fourth-order valence-electron chi connectivity index (χ4n) is 2.97. The van der Waals surface area contributed by atoms with Crippen molar-refractivity contribution < 1.29 is 9.53 Å². The van der Waals surface area contributed by atoms with Crippen LogP contribution in [0, 0.1) is 0 Å². The van der Waals surface area contributed by atoms with Crippen LogP contribution in [0.3, 0.4) is 0 Å². The third kappa shape index (κ3) is 3.68. The van der Waals surface area contributed by atoms with Gasteiger partial charge in [0.05, 0.1) is 0 Å². The van der Waals surface area contributed by atoms with E-state index in [4.69, 9.17) is 4.74 Å². The van der Waals surface area contributed by atoms with E-state index >= 15 is 0 Å². The molecule has 3 rings (SSSR count). The Morgan fingerprint density at radius 1 is 1.35 bits per heavy atom. The summed E-state index contributed by atoms with van der Waals surface area (Å²) in [6.07, 6.45) is 5.55. The van der Waals surface area contributed by atoms with Crippen molar-refractivity contribution in [2.24, 2.45) is 0 Å². The van der Waals surface area contributed by atoms with E-state index in [1.54, 1.807) is 4.90 Å². The maximum atomic E-state index is 12.1. The average Bonchev–Trinajstić information content (AvgIpc) is 2.88. The zero-order valence-corrected chi connectivity index (χ0v) is 15.3. The molecule has 1 aliphatic heterocycles. The summed E-state index contributed by atoms with van der Waals surface area (Å²) < 4.78 is 8.67. The molecule has 6 heteroatoms. The van der Waals surface area contributed by atoms with Gasteiger partial charge in [-0.2, -0.15) is 0 Å². The van der Waals surface area contributed by atoms with E-state index in [1.807, 2.05) is 27.0 Å². The molecule has 23 heavy (non-hydrogen) atoms. The van der Waals surface area contributed by atoms with Crippen LogP contribution in [0.25, 0.3) is 11.0 Å². The quantitative estimate of drug-likeness (QED) is 0.738. The number of rotatable bonds is 1. The van der Waals surface area contributed by atoms with Crippen molar-refractivity contribution in [2.75, 3.05) is 13.1 Å². The van der Waals surface area contributed by atoms with Gasteiger partial charge in [-0.1, -0.05) is 0 Å². The van der Waals surface area contributed by atoms with Crippen molar-refractivity contribution >= 4 is 33.1 Å². The zero-order chi connectivity index (χ0) is 16.6. The smallest absolute Gasteiger partial charge is 0.410 e. The lowest BCUT2D eigenvalue weighted by Crippen LogP contribution is -2.42. The molecule has 1 amide bonds. The van der Waals surface area contributed by atoms with Crippen molar-refractivity contribution in [3.05, 3.63) is 29.0 Å². The van der Waals surface area contributed by atoms with Crippen molar-refractivity contribution in [3.63, 3.8) is 0 Å². The topological polar surface area (TPSA) is 47.4 Å². The third-order valence-electron chi connectivity index (χ3n) is 4.03. The van der Waals surface area contributed by atoms with E-state index in [2.05, 4.69) is 43.8 Å². The van der Waals surface area contributed by atoms with E-state index in [-0.39, 0.29) is 6.09 Å². The number of nitrogens with zero attached hydrogens (tertiary/aromatic N) is 3. The minimum Gasteiger partial charge on any atom is -0.444 e. The molecule has 2 aromatic heterocycles. The van der Waals surface area contributed by atoms with Gasteiger partial charge in [0.15, 0.2) is 0 Å². The van der Waals surface area contributed by atoms with Crippen LogP contribution >= 0.6 is 15.9 Å². The van der Waals surface area contributed by atoms with E-state index in [9.17, 15) is 4.79 Å². The lowest BCUT2D eigenvalue weighted by Gasteiger charge is -2.34. The molecule has 1 aliphatic rings. The van der Waals surface area contributed by atoms with E-state index < -0.39 is 5.60 Å². The molecule has 3 heterocycles. The Balaban J connectivity index is 1.67. The van der Waals surface area contributed by atoms with Gasteiger partial charge in [-0.25, -0.2) is 9.78 Å². The molecule has 0 spiro atoms. The normalized spacial score (nSPS) is 16.8. The second kappa shape index (κ2) is 6.15. The lowest BCUT2D eigenvalue weighted by atomic mass is 10.1. The number of hydrogen-bond donors (Lipinski definition) is 0. The van der Waals surface area contributed by atoms with Gasteiger partial charge in [0.1, 0.15) is 11.2 Å². The summed E-state index contributed by atoms with van der Waals surface area (Å²) in [5.74, 6) is 0. The summed E-state index contributed by atoms with van der Waals surface area (Å²) in [4.78, 5) is 18.5. The molecular weight excluding hydrogens is 358 g/mol. The van der Waals surface area contributed by atoms with E-state index in [0.29, 0.717) is 6.04 Å². The molecule has 0 saturated carbocycles. The minimum atomic E-state index is -0.443. The summed E-state index contributed by atoms with van der Waals surface area (Å²) in [6.45, 7) is 7.12. The molecule has 0 aromatic carbocycles. The van der Waals surface area contributed by atoms with Crippen LogP contribution in [0.4, 0.5) is 4.79 Å². The summed E-state index contributed by atoms with van der Waals surface area (Å²) >= 11 is 3.46. The largest absolute Gasteiger partial charge is 0.444 e. The Morgan fingerprint density at radius 2 is 2.04 bits per heavy atom. The molecule has 1 fully saturated rings. The van der Waals surface area contributed by atoms with Crippen LogP contribution < -0.4 is 0 Å². The first-order valence-corrected chi connectivity index (χ1v) is 8.73. The number of carbonyl (C=O) groups is 1. The van der Waals surface area contributed by atoms with E-state index in [0.717, 1.165) is 41.4 Å². The standard InChI is InChI=1S/C17H22BrN3O2/c1-17(2,3)23-16(22)20-7-5-14(6-8-20)21-9-4-12-10-13(18)11-19-15(12)21/h4,9-11,14H,5-8H2,1-3H3. The lowest BCUT2D eigenvalue weighted by molar-refractivity contribution is 0.0189. The Hall–Kier alpha value is -1.56. The Kier molecular flexibility index (Phi) is 4.36. The number of halogens is 1. The van der Waals surface area contributed by atoms with Gasteiger partial charge < -0.3 is 14.2 Å². The number of carbonyl (C=O) groups excluding carboxylic acids is 1. The highest BCUT2D eigenvalue weighted by molar-refractivity contribution is 9.10. The SMILES string of the molecule is CC(C)(C)OC(=O)N1CCC(n2ccc3cc(Br)cnc32)CC1. The summed E-state index contributed by atoms with van der Waals surface area (Å²) in [5, 5.41) is 1.13. The number of piperidine rings is 1. The molecule has 1 saturated heterocycles. The van der Waals surface area contributed by atoms with Crippen molar-refractivity contribution in [1.29, 1.82) is 0 Å². The number of fused-ring (bicyclic) bond motifs is 1. The maximum Gasteiger partial charge on any atom is 0.410 e. The number of hydrogen-bond acceptors (Lipinski definition) is 3. The van der Waals surface area contributed by atoms with Crippen LogP contribution in [-0.4, -0.2) is 39.2 Å². The fourth-order valence-corrected chi connectivity index (χ4v) is 3.31. The summed E-state index contributed by atoms with van der Waals surface area (Å²) in [6, 6.07) is 4.54. The molecule has 0 radical (unpaired) electrons. The van der Waals surface area contributed by atoms with Gasteiger partial charge in [0.25, 0.3) is 0 Å². The molecule has 5 nitrogen and oxygen atoms in total. The molecule has 0 aliphatic carbocycles. The predicted octanol–water partition coefficient (Wildman–Crippen LogP) is 4.37. The van der Waals surface area contributed by atoms with Gasteiger partial charge in [-0.3, -0.25) is 0 Å². The first kappa shape index (κ1) is 16.3. The van der Waals surface area contributed by atoms with Gasteiger partial charge >= 0.3 is 6.09 Å². The third-order valence-corrected chi connectivity index (χ3v) is 4.46. The first-order valence-electron chi connectivity index (χ1n) is 7.93. The maximum absolute atomic E-state index is 12.1. The van der Waals surface area contributed by atoms with Crippen molar-refractivity contribution in [1.82, 2.24) is 14.5 Å². The second-order valence-corrected chi connectivity index (χ2v) is 7.90. The Bertz CT molecular complexity index is 712. The summed E-state index contributed by atoms with van der Waals surface area (Å²) in [7, 11) is 0. The van der Waals surface area contributed by atoms with Gasteiger partial charge in [-0.15, -0.1) is 0 Å². The van der Waals surface area contributed by atoms with Crippen LogP contribution in [0.2, 0.25) is 0 Å². The number of amides is 1. The first-order chi connectivity index (χ1) is 10.8. The zero-order valence-electron chi connectivity index (χ0n) is 13.8. The molecular formula is C17H22BrN3O2.